The molecule has 1 unspecified atom stereocenters. The predicted octanol–water partition coefficient (Wildman–Crippen LogP) is 7.97. The molecule has 6 rings (SSSR count). The molecule has 36 heavy (non-hydrogen) atoms. The minimum atomic E-state index is -0.136. The number of amides is 1. The van der Waals surface area contributed by atoms with Crippen LogP contribution in [0.5, 0.6) is 0 Å². The molecule has 2 heterocycles. The Morgan fingerprint density at radius 3 is 2.14 bits per heavy atom. The highest BCUT2D eigenvalue weighted by molar-refractivity contribution is 7.99. The third-order valence-corrected chi connectivity index (χ3v) is 8.28. The van der Waals surface area contributed by atoms with Crippen LogP contribution in [0.4, 0.5) is 11.4 Å². The van der Waals surface area contributed by atoms with E-state index < -0.39 is 0 Å². The summed E-state index contributed by atoms with van der Waals surface area (Å²) >= 11 is 14.2. The Balaban J connectivity index is 1.37. The van der Waals surface area contributed by atoms with Gasteiger partial charge in [0.25, 0.3) is 5.91 Å². The molecular weight excluding hydrogens is 509 g/mol. The molecule has 7 heteroatoms. The number of anilines is 2. The molecule has 0 saturated heterocycles. The first-order valence-electron chi connectivity index (χ1n) is 11.6. The zero-order valence-electron chi connectivity index (χ0n) is 19.1. The van der Waals surface area contributed by atoms with Crippen LogP contribution in [-0.2, 0) is 4.79 Å². The van der Waals surface area contributed by atoms with Gasteiger partial charge in [0.05, 0.1) is 33.2 Å². The number of fused-ring (bicyclic) bond motifs is 2. The van der Waals surface area contributed by atoms with Crippen LogP contribution >= 0.6 is 35.0 Å². The van der Waals surface area contributed by atoms with Crippen molar-refractivity contribution in [2.75, 3.05) is 11.4 Å². The van der Waals surface area contributed by atoms with Crippen molar-refractivity contribution in [1.29, 1.82) is 0 Å². The summed E-state index contributed by atoms with van der Waals surface area (Å²) in [6, 6.07) is 31.6. The maximum Gasteiger partial charge on any atom is 0.252 e. The fraction of sp³-hybridized carbons (Fsp3) is 0.103. The van der Waals surface area contributed by atoms with Crippen molar-refractivity contribution in [3.63, 3.8) is 0 Å². The summed E-state index contributed by atoms with van der Waals surface area (Å²) in [5, 5.41) is 7.82. The molecule has 0 fully saturated rings. The zero-order chi connectivity index (χ0) is 24.6. The van der Waals surface area contributed by atoms with Crippen LogP contribution in [0, 0.1) is 0 Å². The number of rotatable bonds is 4. The van der Waals surface area contributed by atoms with Crippen LogP contribution in [0.1, 0.15) is 23.6 Å². The highest BCUT2D eigenvalue weighted by Crippen LogP contribution is 2.48. The molecule has 0 N–H and O–H groups in total. The molecule has 0 bridgehead atoms. The van der Waals surface area contributed by atoms with E-state index in [1.165, 1.54) is 0 Å². The smallest absolute Gasteiger partial charge is 0.252 e. The number of para-hydroxylation sites is 2. The second kappa shape index (κ2) is 9.66. The summed E-state index contributed by atoms with van der Waals surface area (Å²) in [5.41, 5.74) is 4.74. The van der Waals surface area contributed by atoms with Gasteiger partial charge in [-0.1, -0.05) is 95.6 Å². The van der Waals surface area contributed by atoms with Gasteiger partial charge in [0.2, 0.25) is 0 Å². The van der Waals surface area contributed by atoms with Crippen molar-refractivity contribution < 1.29 is 4.79 Å². The van der Waals surface area contributed by atoms with E-state index >= 15 is 0 Å². The van der Waals surface area contributed by atoms with Crippen molar-refractivity contribution in [2.24, 2.45) is 5.10 Å². The molecule has 2 aliphatic heterocycles. The Morgan fingerprint density at radius 2 is 1.47 bits per heavy atom. The molecule has 2 aliphatic rings. The number of carbonyl (C=O) groups excluding carboxylic acids is 1. The lowest BCUT2D eigenvalue weighted by Crippen LogP contribution is -2.37. The Hall–Kier alpha value is -3.25. The average molecular weight is 530 g/mol. The van der Waals surface area contributed by atoms with Gasteiger partial charge in [-0.3, -0.25) is 14.7 Å². The molecule has 4 nitrogen and oxygen atoms in total. The van der Waals surface area contributed by atoms with Gasteiger partial charge in [-0.2, -0.15) is 5.10 Å². The molecule has 178 valence electrons. The Bertz CT molecular complexity index is 1450. The van der Waals surface area contributed by atoms with E-state index in [9.17, 15) is 4.79 Å². The lowest BCUT2D eigenvalue weighted by Gasteiger charge is -2.33. The van der Waals surface area contributed by atoms with E-state index in [0.29, 0.717) is 16.5 Å². The molecule has 4 aromatic carbocycles. The van der Waals surface area contributed by atoms with Gasteiger partial charge in [-0.25, -0.2) is 0 Å². The van der Waals surface area contributed by atoms with Crippen LogP contribution in [0.25, 0.3) is 0 Å². The molecule has 0 aromatic heterocycles. The summed E-state index contributed by atoms with van der Waals surface area (Å²) in [5.74, 6) is -0.0432. The third-order valence-electron chi connectivity index (χ3n) is 6.41. The largest absolute Gasteiger partial charge is 0.279 e. The predicted molar refractivity (Wildman–Crippen MR) is 148 cm³/mol. The van der Waals surface area contributed by atoms with Gasteiger partial charge in [-0.05, 0) is 47.5 Å². The van der Waals surface area contributed by atoms with Gasteiger partial charge in [-0.15, -0.1) is 0 Å². The number of benzene rings is 4. The van der Waals surface area contributed by atoms with Crippen LogP contribution in [0.3, 0.4) is 0 Å². The first kappa shape index (κ1) is 23.2. The summed E-state index contributed by atoms with van der Waals surface area (Å²) in [7, 11) is 0. The quantitative estimate of drug-likeness (QED) is 0.269. The van der Waals surface area contributed by atoms with Gasteiger partial charge in [0.15, 0.2) is 0 Å². The Morgan fingerprint density at radius 1 is 0.833 bits per heavy atom. The number of hydrogen-bond donors (Lipinski definition) is 0. The molecular formula is C29H21Cl2N3OS. The maximum atomic E-state index is 14.0. The van der Waals surface area contributed by atoms with Crippen LogP contribution in [0.15, 0.2) is 112 Å². The first-order chi connectivity index (χ1) is 17.6. The standard InChI is InChI=1S/C29H21Cl2N3OS/c30-21-15-14-20(16-22(21)31)26-17-23(19-8-2-1-3-9-19)32-33(26)18-29(35)34-24-10-4-6-12-27(24)36-28-13-7-5-11-25(28)34/h1-16,26H,17-18H2. The lowest BCUT2D eigenvalue weighted by molar-refractivity contribution is -0.119. The number of hydrazone groups is 1. The van der Waals surface area contributed by atoms with Crippen molar-refractivity contribution in [2.45, 2.75) is 22.3 Å². The topological polar surface area (TPSA) is 35.9 Å². The van der Waals surface area contributed by atoms with Crippen molar-refractivity contribution in [3.8, 4) is 0 Å². The summed E-state index contributed by atoms with van der Waals surface area (Å²) < 4.78 is 0. The Labute approximate surface area is 224 Å². The third kappa shape index (κ3) is 4.28. The van der Waals surface area contributed by atoms with Gasteiger partial charge < -0.3 is 0 Å². The second-order valence-corrected chi connectivity index (χ2v) is 10.6. The molecule has 0 saturated carbocycles. The number of hydrogen-bond acceptors (Lipinski definition) is 4. The molecule has 4 aromatic rings. The highest BCUT2D eigenvalue weighted by Gasteiger charge is 2.34. The van der Waals surface area contributed by atoms with E-state index in [1.807, 2.05) is 88.8 Å². The van der Waals surface area contributed by atoms with E-state index in [1.54, 1.807) is 17.8 Å². The first-order valence-corrected chi connectivity index (χ1v) is 13.2. The minimum absolute atomic E-state index is 0.0432. The average Bonchev–Trinajstić information content (AvgIpc) is 3.33. The molecule has 0 spiro atoms. The molecule has 0 aliphatic carbocycles. The van der Waals surface area contributed by atoms with Crippen LogP contribution in [0.2, 0.25) is 10.0 Å². The Kier molecular flexibility index (Phi) is 6.22. The molecule has 0 radical (unpaired) electrons. The fourth-order valence-electron chi connectivity index (χ4n) is 4.70. The fourth-order valence-corrected chi connectivity index (χ4v) is 6.06. The highest BCUT2D eigenvalue weighted by atomic mass is 35.5. The van der Waals surface area contributed by atoms with E-state index in [-0.39, 0.29) is 18.5 Å². The van der Waals surface area contributed by atoms with Crippen LogP contribution in [-0.4, -0.2) is 23.2 Å². The van der Waals surface area contributed by atoms with Crippen molar-refractivity contribution >= 4 is 58.0 Å². The van der Waals surface area contributed by atoms with Gasteiger partial charge in [0, 0.05) is 16.2 Å². The number of nitrogens with zero attached hydrogens (tertiary/aromatic N) is 3. The summed E-state index contributed by atoms with van der Waals surface area (Å²) in [4.78, 5) is 17.9. The zero-order valence-corrected chi connectivity index (χ0v) is 21.5. The van der Waals surface area contributed by atoms with Crippen LogP contribution < -0.4 is 4.90 Å². The van der Waals surface area contributed by atoms with E-state index in [0.717, 1.165) is 38.0 Å². The summed E-state index contributed by atoms with van der Waals surface area (Å²) in [6.45, 7) is 0.120. The van der Waals surface area contributed by atoms with Crippen molar-refractivity contribution in [3.05, 3.63) is 118 Å². The number of halogens is 2. The van der Waals surface area contributed by atoms with E-state index in [2.05, 4.69) is 12.1 Å². The normalized spacial score (nSPS) is 16.4. The lowest BCUT2D eigenvalue weighted by atomic mass is 9.98. The minimum Gasteiger partial charge on any atom is -0.279 e. The molecule has 1 atom stereocenters. The second-order valence-electron chi connectivity index (χ2n) is 8.67. The summed E-state index contributed by atoms with van der Waals surface area (Å²) in [6.07, 6.45) is 0.665. The molecule has 1 amide bonds. The number of carbonyl (C=O) groups is 1. The van der Waals surface area contributed by atoms with Gasteiger partial charge in [0.1, 0.15) is 6.54 Å². The monoisotopic (exact) mass is 529 g/mol. The van der Waals surface area contributed by atoms with Gasteiger partial charge >= 0.3 is 0 Å². The van der Waals surface area contributed by atoms with Crippen molar-refractivity contribution in [1.82, 2.24) is 5.01 Å². The maximum absolute atomic E-state index is 14.0. The van der Waals surface area contributed by atoms with E-state index in [4.69, 9.17) is 28.3 Å². The SMILES string of the molecule is O=C(CN1N=C(c2ccccc2)CC1c1ccc(Cl)c(Cl)c1)N1c2ccccc2Sc2ccccc21.